The van der Waals surface area contributed by atoms with Crippen LogP contribution < -0.4 is 25.8 Å². The minimum atomic E-state index is -1.16. The molecule has 15 heteroatoms. The second-order valence-corrected chi connectivity index (χ2v) is 11.7. The molecule has 0 saturated heterocycles. The summed E-state index contributed by atoms with van der Waals surface area (Å²) in [6, 6.07) is 14.1. The fourth-order valence-corrected chi connectivity index (χ4v) is 6.32. The fourth-order valence-electron chi connectivity index (χ4n) is 5.53. The molecule has 12 nitrogen and oxygen atoms in total. The van der Waals surface area contributed by atoms with Crippen molar-refractivity contribution in [2.24, 2.45) is 10.2 Å². The summed E-state index contributed by atoms with van der Waals surface area (Å²) >= 11 is 18.7. The molecule has 2 aromatic heterocycles. The molecule has 1 unspecified atom stereocenters. The Bertz CT molecular complexity index is 1990. The van der Waals surface area contributed by atoms with Crippen molar-refractivity contribution in [1.29, 1.82) is 0 Å². The molecule has 0 spiro atoms. The summed E-state index contributed by atoms with van der Waals surface area (Å²) < 4.78 is 18.4. The van der Waals surface area contributed by atoms with E-state index in [2.05, 4.69) is 5.11 Å². The first kappa shape index (κ1) is 30.7. The number of nitrogens with zero attached hydrogens (tertiary/aromatic N) is 8. The van der Waals surface area contributed by atoms with E-state index >= 15 is 0 Å². The van der Waals surface area contributed by atoms with Gasteiger partial charge in [0.2, 0.25) is 11.8 Å². The van der Waals surface area contributed by atoms with E-state index in [-0.39, 0.29) is 22.2 Å². The zero-order valence-corrected chi connectivity index (χ0v) is 27.6. The minimum Gasteiger partial charge on any atom is -0.434 e. The second-order valence-electron chi connectivity index (χ2n) is 10.5. The zero-order valence-electron chi connectivity index (χ0n) is 25.2. The van der Waals surface area contributed by atoms with Crippen LogP contribution in [-0.2, 0) is 13.1 Å². The number of nitrogen functional groups attached to an aromatic ring is 1. The molecule has 0 aliphatic carbocycles. The third kappa shape index (κ3) is 5.04. The minimum absolute atomic E-state index is 0.0874. The first-order valence-corrected chi connectivity index (χ1v) is 15.5. The Hall–Kier alpha value is -4.33. The van der Waals surface area contributed by atoms with Gasteiger partial charge in [0.05, 0.1) is 27.8 Å². The van der Waals surface area contributed by atoms with E-state index in [1.54, 1.807) is 29.7 Å². The van der Waals surface area contributed by atoms with Crippen molar-refractivity contribution in [2.75, 3.05) is 17.8 Å². The number of azo groups is 1. The number of ether oxygens (including phenoxy) is 2. The monoisotopic (exact) mass is 667 g/mol. The lowest BCUT2D eigenvalue weighted by Gasteiger charge is -2.38. The maximum atomic E-state index is 13.3. The number of benzene rings is 2. The normalized spacial score (nSPS) is 17.6. The highest BCUT2D eigenvalue weighted by atomic mass is 35.5. The van der Waals surface area contributed by atoms with Gasteiger partial charge in [0.15, 0.2) is 22.2 Å². The van der Waals surface area contributed by atoms with Crippen LogP contribution in [0.25, 0.3) is 5.69 Å². The van der Waals surface area contributed by atoms with Gasteiger partial charge in [-0.2, -0.15) is 14.9 Å². The second kappa shape index (κ2) is 11.9. The third-order valence-corrected chi connectivity index (χ3v) is 8.88. The van der Waals surface area contributed by atoms with Gasteiger partial charge >= 0.3 is 0 Å². The van der Waals surface area contributed by atoms with Gasteiger partial charge in [-0.05, 0) is 70.2 Å². The van der Waals surface area contributed by atoms with Crippen LogP contribution in [0.3, 0.4) is 0 Å². The van der Waals surface area contributed by atoms with Crippen LogP contribution >= 0.6 is 35.4 Å². The molecule has 45 heavy (non-hydrogen) atoms. The highest BCUT2D eigenvalue weighted by molar-refractivity contribution is 7.71. The average molecular weight is 669 g/mol. The Morgan fingerprint density at radius 1 is 1.04 bits per heavy atom. The molecule has 2 aromatic carbocycles. The van der Waals surface area contributed by atoms with Crippen LogP contribution in [0.4, 0.5) is 17.1 Å². The van der Waals surface area contributed by atoms with Gasteiger partial charge in [-0.15, -0.1) is 5.11 Å². The molecular weight excluding hydrogens is 637 g/mol. The van der Waals surface area contributed by atoms with Crippen molar-refractivity contribution >= 4 is 52.5 Å². The Labute approximate surface area is 274 Å². The number of allylic oxidation sites excluding steroid dienone is 1. The first-order valence-electron chi connectivity index (χ1n) is 14.3. The van der Waals surface area contributed by atoms with E-state index in [1.165, 1.54) is 9.25 Å². The van der Waals surface area contributed by atoms with Gasteiger partial charge in [-0.3, -0.25) is 23.9 Å². The summed E-state index contributed by atoms with van der Waals surface area (Å²) in [5.41, 5.74) is 9.57. The zero-order chi connectivity index (χ0) is 32.2. The average Bonchev–Trinajstić information content (AvgIpc) is 3.45. The molecule has 0 saturated carbocycles. The Morgan fingerprint density at radius 2 is 1.76 bits per heavy atom. The number of aryl methyl sites for hydroxylation is 1. The smallest absolute Gasteiger partial charge is 0.281 e. The van der Waals surface area contributed by atoms with E-state index in [0.29, 0.717) is 45.9 Å². The van der Waals surface area contributed by atoms with Gasteiger partial charge in [0.1, 0.15) is 5.70 Å². The quantitative estimate of drug-likeness (QED) is 0.227. The third-order valence-electron chi connectivity index (χ3n) is 7.88. The molecule has 4 heterocycles. The fraction of sp³-hybridized carbons (Fsp3) is 0.300. The number of halogens is 2. The standard InChI is InChI=1S/C30H31Cl2N9O3S/c1-6-38-26(42)22(33)27(39(7-2)30(38)45)43-29-25-24(17(4)37(5)41(25)19-11-9-8-10-12-19)35-34-23-16(3)36-40(28(23)44-29)21-15-18(31)13-14-20(21)32/h8-15,25,29H,6-7,33H2,1-5H3/t25-,29?/m1/s1. The van der Waals surface area contributed by atoms with E-state index in [4.69, 9.17) is 60.8 Å². The summed E-state index contributed by atoms with van der Waals surface area (Å²) in [5, 5.41) is 18.9. The van der Waals surface area contributed by atoms with Crippen LogP contribution in [0.1, 0.15) is 26.5 Å². The van der Waals surface area contributed by atoms with Crippen molar-refractivity contribution in [1.82, 2.24) is 23.9 Å². The molecule has 0 radical (unpaired) electrons. The summed E-state index contributed by atoms with van der Waals surface area (Å²) in [6.07, 6.45) is -1.16. The number of para-hydroxylation sites is 1. The van der Waals surface area contributed by atoms with Crippen LogP contribution in [0.5, 0.6) is 11.8 Å². The SMILES string of the molecule is CCn1c(OC2Oc3c(c(C)nn3-c3cc(Cl)ccc3Cl)N=NC3=C(C)N(C)N(c4ccccc4)[C@H]32)c(N)c(=O)n(CC)c1=S. The van der Waals surface area contributed by atoms with E-state index in [9.17, 15) is 4.79 Å². The number of aromatic nitrogens is 4. The number of fused-ring (bicyclic) bond motifs is 2. The van der Waals surface area contributed by atoms with Gasteiger partial charge < -0.3 is 15.2 Å². The largest absolute Gasteiger partial charge is 0.434 e. The van der Waals surface area contributed by atoms with Gasteiger partial charge in [-0.1, -0.05) is 41.4 Å². The van der Waals surface area contributed by atoms with Crippen LogP contribution in [-0.4, -0.2) is 43.3 Å². The van der Waals surface area contributed by atoms with Gasteiger partial charge in [0.25, 0.3) is 11.8 Å². The van der Waals surface area contributed by atoms with E-state index in [1.807, 2.05) is 68.2 Å². The van der Waals surface area contributed by atoms with Crippen LogP contribution in [0.2, 0.25) is 10.0 Å². The van der Waals surface area contributed by atoms with Crippen molar-refractivity contribution in [3.8, 4) is 17.4 Å². The lowest BCUT2D eigenvalue weighted by Crippen LogP contribution is -2.52. The van der Waals surface area contributed by atoms with E-state index in [0.717, 1.165) is 11.4 Å². The maximum absolute atomic E-state index is 13.3. The highest BCUT2D eigenvalue weighted by Crippen LogP contribution is 2.44. The van der Waals surface area contributed by atoms with Crippen LogP contribution in [0, 0.1) is 11.7 Å². The number of hydrazine groups is 1. The van der Waals surface area contributed by atoms with Gasteiger partial charge in [0, 0.05) is 25.2 Å². The van der Waals surface area contributed by atoms with E-state index < -0.39 is 17.9 Å². The number of nitrogens with two attached hydrogens (primary N) is 1. The number of rotatable bonds is 6. The molecule has 234 valence electrons. The first-order chi connectivity index (χ1) is 21.6. The number of hydrogen-bond donors (Lipinski definition) is 1. The van der Waals surface area contributed by atoms with Crippen molar-refractivity contribution < 1.29 is 9.47 Å². The molecule has 4 aromatic rings. The number of hydrogen-bond acceptors (Lipinski definition) is 10. The molecule has 0 bridgehead atoms. The Balaban J connectivity index is 1.61. The summed E-state index contributed by atoms with van der Waals surface area (Å²) in [7, 11) is 1.92. The van der Waals surface area contributed by atoms with Crippen molar-refractivity contribution in [3.05, 3.63) is 90.8 Å². The highest BCUT2D eigenvalue weighted by Gasteiger charge is 2.46. The Kier molecular flexibility index (Phi) is 8.10. The summed E-state index contributed by atoms with van der Waals surface area (Å²) in [4.78, 5) is 13.3. The molecule has 2 aliphatic heterocycles. The molecule has 0 amide bonds. The van der Waals surface area contributed by atoms with Crippen molar-refractivity contribution in [3.63, 3.8) is 0 Å². The molecule has 2 atom stereocenters. The predicted octanol–water partition coefficient (Wildman–Crippen LogP) is 6.65. The van der Waals surface area contributed by atoms with Crippen LogP contribution in [0.15, 0.2) is 74.9 Å². The van der Waals surface area contributed by atoms with Crippen molar-refractivity contribution in [2.45, 2.75) is 53.1 Å². The molecule has 0 fully saturated rings. The molecule has 6 rings (SSSR count). The Morgan fingerprint density at radius 3 is 2.44 bits per heavy atom. The topological polar surface area (TPSA) is 120 Å². The molecular formula is C30H31Cl2N9O3S. The summed E-state index contributed by atoms with van der Waals surface area (Å²) in [6.45, 7) is 8.20. The molecule has 2 aliphatic rings. The molecule has 2 N–H and O–H groups in total. The lowest BCUT2D eigenvalue weighted by atomic mass is 10.1. The van der Waals surface area contributed by atoms with Gasteiger partial charge in [-0.25, -0.2) is 0 Å². The maximum Gasteiger partial charge on any atom is 0.281 e. The summed E-state index contributed by atoms with van der Waals surface area (Å²) in [5.74, 6) is 0.302. The number of anilines is 2. The lowest BCUT2D eigenvalue weighted by molar-refractivity contribution is -0.0224. The predicted molar refractivity (Wildman–Crippen MR) is 176 cm³/mol.